The molecule has 1 amide bonds. The van der Waals surface area contributed by atoms with E-state index in [0.29, 0.717) is 11.3 Å². The summed E-state index contributed by atoms with van der Waals surface area (Å²) in [5.41, 5.74) is 3.81. The van der Waals surface area contributed by atoms with Crippen LogP contribution in [0.2, 0.25) is 0 Å². The van der Waals surface area contributed by atoms with Gasteiger partial charge in [-0.1, -0.05) is 42.5 Å². The molecule has 0 saturated heterocycles. The van der Waals surface area contributed by atoms with Gasteiger partial charge >= 0.3 is 0 Å². The Hall–Kier alpha value is -2.95. The maximum Gasteiger partial charge on any atom is 0.277 e. The number of benzene rings is 2. The number of rotatable bonds is 6. The Labute approximate surface area is 128 Å². The molecular formula is C17H16N2O3. The number of ketones is 1. The Bertz CT molecular complexity index is 681. The van der Waals surface area contributed by atoms with E-state index < -0.39 is 5.91 Å². The average Bonchev–Trinajstić information content (AvgIpc) is 2.54. The van der Waals surface area contributed by atoms with E-state index in [1.807, 2.05) is 31.2 Å². The highest BCUT2D eigenvalue weighted by molar-refractivity contribution is 6.35. The second-order valence-electron chi connectivity index (χ2n) is 4.63. The molecule has 0 radical (unpaired) electrons. The molecule has 0 bridgehead atoms. The molecule has 0 aliphatic rings. The summed E-state index contributed by atoms with van der Waals surface area (Å²) in [4.78, 5) is 23.3. The summed E-state index contributed by atoms with van der Waals surface area (Å²) in [5.74, 6) is -0.0985. The first kappa shape index (κ1) is 15.4. The van der Waals surface area contributed by atoms with E-state index in [9.17, 15) is 9.59 Å². The summed E-state index contributed by atoms with van der Waals surface area (Å²) < 4.78 is 5.32. The molecule has 5 nitrogen and oxygen atoms in total. The summed E-state index contributed by atoms with van der Waals surface area (Å²) >= 11 is 0. The average molecular weight is 296 g/mol. The lowest BCUT2D eigenvalue weighted by Gasteiger charge is -2.05. The molecule has 0 spiro atoms. The molecule has 112 valence electrons. The van der Waals surface area contributed by atoms with Crippen molar-refractivity contribution in [2.75, 3.05) is 6.61 Å². The van der Waals surface area contributed by atoms with Crippen molar-refractivity contribution < 1.29 is 14.3 Å². The van der Waals surface area contributed by atoms with Gasteiger partial charge in [0.25, 0.3) is 5.91 Å². The minimum absolute atomic E-state index is 0.166. The zero-order valence-electron chi connectivity index (χ0n) is 12.2. The number of nitrogens with zero attached hydrogens (tertiary/aromatic N) is 1. The molecule has 22 heavy (non-hydrogen) atoms. The highest BCUT2D eigenvalue weighted by Crippen LogP contribution is 2.11. The third-order valence-electron chi connectivity index (χ3n) is 2.79. The van der Waals surface area contributed by atoms with Crippen molar-refractivity contribution in [1.29, 1.82) is 0 Å². The predicted octanol–water partition coefficient (Wildman–Crippen LogP) is 2.36. The van der Waals surface area contributed by atoms with Gasteiger partial charge in [-0.05, 0) is 24.6 Å². The van der Waals surface area contributed by atoms with Crippen molar-refractivity contribution in [2.45, 2.75) is 6.92 Å². The fourth-order valence-electron chi connectivity index (χ4n) is 1.73. The van der Waals surface area contributed by atoms with Crippen LogP contribution in [0.3, 0.4) is 0 Å². The molecule has 5 heteroatoms. The maximum absolute atomic E-state index is 11.7. The first-order valence-electron chi connectivity index (χ1n) is 6.76. The molecule has 1 N–H and O–H groups in total. The Morgan fingerprint density at radius 2 is 1.91 bits per heavy atom. The molecule has 0 aliphatic heterocycles. The molecule has 0 fully saturated rings. The standard InChI is InChI=1S/C17H16N2O3/c1-13-6-5-9-15(10-13)22-12-17(21)19-18-11-16(20)14-7-3-2-4-8-14/h2-11H,12H2,1H3,(H,19,21). The quantitative estimate of drug-likeness (QED) is 0.505. The number of aryl methyl sites for hydroxylation is 1. The van der Waals surface area contributed by atoms with Gasteiger partial charge in [0.15, 0.2) is 6.61 Å². The summed E-state index contributed by atoms with van der Waals surface area (Å²) in [7, 11) is 0. The second-order valence-corrected chi connectivity index (χ2v) is 4.63. The monoisotopic (exact) mass is 296 g/mol. The van der Waals surface area contributed by atoms with Crippen LogP contribution in [0.25, 0.3) is 0 Å². The van der Waals surface area contributed by atoms with Gasteiger partial charge < -0.3 is 4.74 Å². The Kier molecular flexibility index (Phi) is 5.43. The van der Waals surface area contributed by atoms with Crippen molar-refractivity contribution in [3.8, 4) is 5.75 Å². The Morgan fingerprint density at radius 1 is 1.14 bits per heavy atom. The van der Waals surface area contributed by atoms with Gasteiger partial charge in [-0.3, -0.25) is 9.59 Å². The maximum atomic E-state index is 11.7. The first-order valence-corrected chi connectivity index (χ1v) is 6.76. The zero-order valence-corrected chi connectivity index (χ0v) is 12.2. The highest BCUT2D eigenvalue weighted by Gasteiger charge is 2.03. The van der Waals surface area contributed by atoms with Crippen LogP contribution in [-0.4, -0.2) is 24.5 Å². The SMILES string of the molecule is Cc1cccc(OCC(=O)NN=CC(=O)c2ccccc2)c1. The van der Waals surface area contributed by atoms with E-state index in [-0.39, 0.29) is 12.4 Å². The van der Waals surface area contributed by atoms with Gasteiger partial charge in [0.05, 0.1) is 6.21 Å². The summed E-state index contributed by atoms with van der Waals surface area (Å²) in [6.45, 7) is 1.77. The van der Waals surface area contributed by atoms with Crippen LogP contribution < -0.4 is 10.2 Å². The van der Waals surface area contributed by atoms with Crippen LogP contribution in [-0.2, 0) is 4.79 Å². The lowest BCUT2D eigenvalue weighted by molar-refractivity contribution is -0.123. The van der Waals surface area contributed by atoms with Crippen LogP contribution in [0.4, 0.5) is 0 Å². The topological polar surface area (TPSA) is 67.8 Å². The molecule has 0 saturated carbocycles. The lowest BCUT2D eigenvalue weighted by Crippen LogP contribution is -2.25. The molecule has 0 unspecified atom stereocenters. The van der Waals surface area contributed by atoms with E-state index in [0.717, 1.165) is 11.8 Å². The van der Waals surface area contributed by atoms with E-state index in [1.165, 1.54) is 0 Å². The van der Waals surface area contributed by atoms with Gasteiger partial charge in [0, 0.05) is 5.56 Å². The van der Waals surface area contributed by atoms with E-state index in [1.54, 1.807) is 30.3 Å². The van der Waals surface area contributed by atoms with Crippen LogP contribution in [0.5, 0.6) is 5.75 Å². The molecule has 0 aliphatic carbocycles. The molecule has 0 atom stereocenters. The number of hydrazone groups is 1. The van der Waals surface area contributed by atoms with Crippen molar-refractivity contribution in [3.63, 3.8) is 0 Å². The van der Waals surface area contributed by atoms with E-state index >= 15 is 0 Å². The van der Waals surface area contributed by atoms with Crippen molar-refractivity contribution in [2.24, 2.45) is 5.10 Å². The second kappa shape index (κ2) is 7.73. The highest BCUT2D eigenvalue weighted by atomic mass is 16.5. The lowest BCUT2D eigenvalue weighted by atomic mass is 10.1. The molecular weight excluding hydrogens is 280 g/mol. The third-order valence-corrected chi connectivity index (χ3v) is 2.79. The fourth-order valence-corrected chi connectivity index (χ4v) is 1.73. The number of hydrogen-bond donors (Lipinski definition) is 1. The Balaban J connectivity index is 1.78. The van der Waals surface area contributed by atoms with Crippen molar-refractivity contribution >= 4 is 17.9 Å². The predicted molar refractivity (Wildman–Crippen MR) is 84.1 cm³/mol. The normalized spacial score (nSPS) is 10.4. The van der Waals surface area contributed by atoms with Crippen LogP contribution >= 0.6 is 0 Å². The number of carbonyl (C=O) groups excluding carboxylic acids is 2. The van der Waals surface area contributed by atoms with Crippen molar-refractivity contribution in [3.05, 3.63) is 65.7 Å². The number of amides is 1. The van der Waals surface area contributed by atoms with Crippen LogP contribution in [0, 0.1) is 6.92 Å². The molecule has 0 heterocycles. The minimum atomic E-state index is -0.432. The minimum Gasteiger partial charge on any atom is -0.484 e. The number of hydrogen-bond acceptors (Lipinski definition) is 4. The first-order chi connectivity index (χ1) is 10.6. The summed E-state index contributed by atoms with van der Waals surface area (Å²) in [5, 5.41) is 3.62. The number of nitrogens with one attached hydrogen (secondary N) is 1. The van der Waals surface area contributed by atoms with E-state index in [4.69, 9.17) is 4.74 Å². The van der Waals surface area contributed by atoms with Gasteiger partial charge in [0.2, 0.25) is 5.78 Å². The smallest absolute Gasteiger partial charge is 0.277 e. The van der Waals surface area contributed by atoms with Gasteiger partial charge in [-0.15, -0.1) is 0 Å². The molecule has 0 aromatic heterocycles. The van der Waals surface area contributed by atoms with Crippen LogP contribution in [0.15, 0.2) is 59.7 Å². The van der Waals surface area contributed by atoms with Crippen LogP contribution in [0.1, 0.15) is 15.9 Å². The summed E-state index contributed by atoms with van der Waals surface area (Å²) in [6, 6.07) is 16.1. The number of carbonyl (C=O) groups is 2. The third kappa shape index (κ3) is 4.86. The summed E-state index contributed by atoms with van der Waals surface area (Å²) in [6.07, 6.45) is 1.07. The van der Waals surface area contributed by atoms with Gasteiger partial charge in [0.1, 0.15) is 5.75 Å². The fraction of sp³-hybridized carbons (Fsp3) is 0.118. The molecule has 2 aromatic carbocycles. The largest absolute Gasteiger partial charge is 0.484 e. The number of ether oxygens (including phenoxy) is 1. The van der Waals surface area contributed by atoms with Gasteiger partial charge in [-0.25, -0.2) is 5.43 Å². The van der Waals surface area contributed by atoms with E-state index in [2.05, 4.69) is 10.5 Å². The molecule has 2 rings (SSSR count). The van der Waals surface area contributed by atoms with Crippen molar-refractivity contribution in [1.82, 2.24) is 5.43 Å². The number of Topliss-reactive ketones (excluding diaryl/α,β-unsaturated/α-hetero) is 1. The Morgan fingerprint density at radius 3 is 2.64 bits per heavy atom. The molecule has 2 aromatic rings. The zero-order chi connectivity index (χ0) is 15.8. The van der Waals surface area contributed by atoms with Gasteiger partial charge in [-0.2, -0.15) is 5.10 Å².